The number of nitrogens with zero attached hydrogens (tertiary/aromatic N) is 1. The number of aromatic nitrogens is 2. The lowest BCUT2D eigenvalue weighted by Gasteiger charge is -2.30. The highest BCUT2D eigenvalue weighted by atomic mass is 33.1. The molecule has 25 heteroatoms. The number of rotatable bonds is 19. The number of fused-ring (bicyclic) bond motifs is 2. The molecule has 23 nitrogen and oxygen atoms in total. The maximum Gasteiger partial charge on any atom is 0.245 e. The van der Waals surface area contributed by atoms with E-state index in [0.29, 0.717) is 35.1 Å². The predicted octanol–water partition coefficient (Wildman–Crippen LogP) is 2.10. The summed E-state index contributed by atoms with van der Waals surface area (Å²) in [6, 6.07) is 30.2. The smallest absolute Gasteiger partial charge is 0.245 e. The molecule has 1 fully saturated rings. The number of hydrogen-bond donors (Lipinski definition) is 13. The van der Waals surface area contributed by atoms with E-state index in [4.69, 9.17) is 17.2 Å². The van der Waals surface area contributed by atoms with Crippen molar-refractivity contribution in [2.24, 2.45) is 17.2 Å². The van der Waals surface area contributed by atoms with Gasteiger partial charge in [0.1, 0.15) is 42.3 Å². The Hall–Kier alpha value is -9.01. The van der Waals surface area contributed by atoms with E-state index in [1.807, 2.05) is 78.9 Å². The summed E-state index contributed by atoms with van der Waals surface area (Å²) in [7, 11) is 2.34. The van der Waals surface area contributed by atoms with Gasteiger partial charge in [0.2, 0.25) is 53.2 Å². The van der Waals surface area contributed by atoms with E-state index < -0.39 is 114 Å². The Labute approximate surface area is 535 Å². The average Bonchev–Trinajstić information content (AvgIpc) is 2.15. The summed E-state index contributed by atoms with van der Waals surface area (Å²) in [6.07, 6.45) is 2.26. The molecule has 16 N–H and O–H groups in total. The van der Waals surface area contributed by atoms with Crippen LogP contribution in [0.15, 0.2) is 152 Å². The van der Waals surface area contributed by atoms with Crippen molar-refractivity contribution >= 4 is 96.6 Å². The molecular weight excluding hydrogens is 1200 g/mol. The third kappa shape index (κ3) is 19.7. The van der Waals surface area contributed by atoms with Crippen LogP contribution in [0, 0.1) is 0 Å². The molecule has 8 rings (SSSR count). The van der Waals surface area contributed by atoms with E-state index >= 15 is 14.4 Å². The summed E-state index contributed by atoms with van der Waals surface area (Å²) < 4.78 is 0. The van der Waals surface area contributed by atoms with E-state index in [-0.39, 0.29) is 63.1 Å². The van der Waals surface area contributed by atoms with Gasteiger partial charge in [0.05, 0.1) is 18.7 Å². The minimum Gasteiger partial charge on any atom is -0.391 e. The predicted molar refractivity (Wildman–Crippen MR) is 351 cm³/mol. The first-order valence-electron chi connectivity index (χ1n) is 30.2. The van der Waals surface area contributed by atoms with Crippen molar-refractivity contribution < 1.29 is 48.3 Å². The topological polar surface area (TPSA) is 371 Å². The number of aliphatic hydroxyl groups is 1. The zero-order valence-corrected chi connectivity index (χ0v) is 52.1. The number of amides is 9. The SMILES string of the molecule is C[C@@H](O)[C@@H]1NC(=O)[C@H](CCCCN)NC(=O)[C@H](Cc2c[nH]c3ccccc23)NC(=O)[C@@H](Cc2c[nH]c3ccccc23)NC(=O)[C@H](Cc2ccccc2)NC(=O)[C@@H](NC(=O)[C@H](N)Cc2ccccc2)CSSCCN(CC(N)=O)C(=O)[C@H](Cc2ccccc2)NC1=O. The largest absolute Gasteiger partial charge is 0.391 e. The third-order valence-electron chi connectivity index (χ3n) is 15.6. The normalized spacial score (nSPS) is 21.3. The Morgan fingerprint density at radius 2 is 1.03 bits per heavy atom. The maximum absolute atomic E-state index is 15.4. The number of para-hydroxylation sites is 2. The van der Waals surface area contributed by atoms with E-state index in [0.717, 1.165) is 38.2 Å². The number of carbonyl (C=O) groups is 9. The molecule has 0 spiro atoms. The Kier molecular flexibility index (Phi) is 25.2. The molecule has 9 amide bonds. The van der Waals surface area contributed by atoms with Crippen LogP contribution >= 0.6 is 21.6 Å². The number of hydrogen-bond acceptors (Lipinski definition) is 14. The summed E-state index contributed by atoms with van der Waals surface area (Å²) in [5.74, 6) is -7.28. The first-order valence-corrected chi connectivity index (χ1v) is 32.7. The molecule has 5 aromatic carbocycles. The van der Waals surface area contributed by atoms with Gasteiger partial charge in [-0.2, -0.15) is 0 Å². The minimum absolute atomic E-state index is 0.0109. The van der Waals surface area contributed by atoms with Gasteiger partial charge in [-0.3, -0.25) is 43.2 Å². The summed E-state index contributed by atoms with van der Waals surface area (Å²) >= 11 is 0. The molecule has 1 aliphatic rings. The van der Waals surface area contributed by atoms with Crippen molar-refractivity contribution in [3.8, 4) is 0 Å². The average molecular weight is 1280 g/mol. The van der Waals surface area contributed by atoms with Crippen molar-refractivity contribution in [3.63, 3.8) is 0 Å². The number of benzene rings is 5. The van der Waals surface area contributed by atoms with Crippen molar-refractivity contribution in [3.05, 3.63) is 180 Å². The third-order valence-corrected chi connectivity index (χ3v) is 18.0. The summed E-state index contributed by atoms with van der Waals surface area (Å²) in [5.41, 5.74) is 22.9. The molecule has 1 saturated heterocycles. The molecule has 7 aromatic rings. The van der Waals surface area contributed by atoms with Gasteiger partial charge in [-0.15, -0.1) is 0 Å². The number of aliphatic hydroxyl groups excluding tert-OH is 1. The number of nitrogens with two attached hydrogens (primary N) is 3. The lowest BCUT2D eigenvalue weighted by atomic mass is 10.00. The molecule has 9 atom stereocenters. The maximum atomic E-state index is 15.4. The van der Waals surface area contributed by atoms with Gasteiger partial charge in [-0.25, -0.2) is 0 Å². The zero-order chi connectivity index (χ0) is 64.8. The summed E-state index contributed by atoms with van der Waals surface area (Å²) in [6.45, 7) is 0.832. The van der Waals surface area contributed by atoms with E-state index in [1.54, 1.807) is 73.1 Å². The molecular formula is C66H79N13O10S2. The Bertz CT molecular complexity index is 3610. The Balaban J connectivity index is 1.20. The Morgan fingerprint density at radius 1 is 0.571 bits per heavy atom. The van der Waals surface area contributed by atoms with Gasteiger partial charge in [0, 0.05) is 77.9 Å². The molecule has 0 aliphatic carbocycles. The number of carbonyl (C=O) groups excluding carboxylic acids is 9. The number of aromatic amines is 2. The molecule has 480 valence electrons. The van der Waals surface area contributed by atoms with Crippen molar-refractivity contribution in [2.75, 3.05) is 31.1 Å². The van der Waals surface area contributed by atoms with Crippen molar-refractivity contribution in [1.82, 2.24) is 52.1 Å². The van der Waals surface area contributed by atoms with E-state index in [2.05, 4.69) is 47.2 Å². The first-order chi connectivity index (χ1) is 43.9. The van der Waals surface area contributed by atoms with Gasteiger partial charge in [-0.05, 0) is 79.1 Å². The van der Waals surface area contributed by atoms with Gasteiger partial charge in [0.25, 0.3) is 0 Å². The van der Waals surface area contributed by atoms with Gasteiger partial charge >= 0.3 is 0 Å². The zero-order valence-electron chi connectivity index (χ0n) is 50.4. The number of unbranched alkanes of at least 4 members (excludes halogenated alkanes) is 1. The van der Waals surface area contributed by atoms with Crippen molar-refractivity contribution in [2.45, 2.75) is 113 Å². The standard InChI is InChI=1S/C66H79N13O10S2/c1-40(80)58-65(88)76-55(33-43-21-9-4-10-22-43)66(89)79(38-57(69)81)29-30-90-91-39-56(77-59(82)48(68)31-41-17-5-2-6-18-41)64(87)73-52(32-42-19-7-3-8-20-42)61(84)74-54(35-45-37-71-50-26-14-12-24-47(45)50)63(86)75-53(34-44-36-70-49-25-13-11-23-46(44)49)62(85)72-51(60(83)78-58)27-15-16-28-67/h2-14,17-26,36-37,40,48,51-56,58,70-71,80H,15-16,27-35,38-39,67-68H2,1H3,(H2,69,81)(H,72,85)(H,73,87)(H,74,84)(H,75,86)(H,76,88)(H,77,82)(H,78,83)/t40-,48-,51+,52+,53+,54-,55+,56+,58+/m1/s1. The first kappa shape index (κ1) is 67.9. The van der Waals surface area contributed by atoms with Crippen LogP contribution in [0.5, 0.6) is 0 Å². The fourth-order valence-corrected chi connectivity index (χ4v) is 12.9. The number of nitrogens with one attached hydrogen (secondary N) is 9. The van der Waals surface area contributed by atoms with E-state index in [1.165, 1.54) is 22.6 Å². The minimum atomic E-state index is -1.71. The molecule has 2 aromatic heterocycles. The second kappa shape index (κ2) is 33.7. The van der Waals surface area contributed by atoms with Gasteiger partial charge in [0.15, 0.2) is 0 Å². The fraction of sp³-hybridized carbons (Fsp3) is 0.348. The molecule has 0 radical (unpaired) electrons. The lowest BCUT2D eigenvalue weighted by Crippen LogP contribution is -2.62. The molecule has 91 heavy (non-hydrogen) atoms. The van der Waals surface area contributed by atoms with Gasteiger partial charge < -0.3 is 74.4 Å². The van der Waals surface area contributed by atoms with Crippen LogP contribution in [0.2, 0.25) is 0 Å². The molecule has 1 aliphatic heterocycles. The molecule has 3 heterocycles. The summed E-state index contributed by atoms with van der Waals surface area (Å²) in [5, 5.41) is 32.4. The number of H-pyrrole nitrogens is 2. The van der Waals surface area contributed by atoms with E-state index in [9.17, 15) is 33.9 Å². The van der Waals surface area contributed by atoms with Crippen LogP contribution in [-0.4, -0.2) is 159 Å². The quantitative estimate of drug-likeness (QED) is 0.0408. The summed E-state index contributed by atoms with van der Waals surface area (Å²) in [4.78, 5) is 139. The highest BCUT2D eigenvalue weighted by Gasteiger charge is 2.37. The molecule has 0 bridgehead atoms. The monoisotopic (exact) mass is 1280 g/mol. The second-order valence-corrected chi connectivity index (χ2v) is 25.1. The van der Waals surface area contributed by atoms with Crippen LogP contribution in [0.4, 0.5) is 0 Å². The molecule has 0 unspecified atom stereocenters. The van der Waals surface area contributed by atoms with Gasteiger partial charge in [-0.1, -0.05) is 149 Å². The number of primary amides is 1. The van der Waals surface area contributed by atoms with Crippen LogP contribution in [0.25, 0.3) is 21.8 Å². The highest BCUT2D eigenvalue weighted by Crippen LogP contribution is 2.25. The highest BCUT2D eigenvalue weighted by molar-refractivity contribution is 8.76. The van der Waals surface area contributed by atoms with Crippen molar-refractivity contribution in [1.29, 1.82) is 0 Å². The van der Waals surface area contributed by atoms with Crippen LogP contribution in [0.3, 0.4) is 0 Å². The van der Waals surface area contributed by atoms with Crippen LogP contribution in [-0.2, 0) is 75.3 Å². The molecule has 0 saturated carbocycles. The van der Waals surface area contributed by atoms with Crippen LogP contribution in [0.1, 0.15) is 54.0 Å². The lowest BCUT2D eigenvalue weighted by molar-refractivity contribution is -0.140. The fourth-order valence-electron chi connectivity index (χ4n) is 10.8. The Morgan fingerprint density at radius 3 is 1.56 bits per heavy atom. The second-order valence-electron chi connectivity index (χ2n) is 22.5. The van der Waals surface area contributed by atoms with Crippen LogP contribution < -0.4 is 54.4 Å².